The van der Waals surface area contributed by atoms with E-state index < -0.39 is 11.7 Å². The summed E-state index contributed by atoms with van der Waals surface area (Å²) in [6, 6.07) is 4.56. The molecule has 1 saturated carbocycles. The first kappa shape index (κ1) is 17.7. The number of alkyl halides is 3. The summed E-state index contributed by atoms with van der Waals surface area (Å²) in [5.41, 5.74) is 0.478. The molecule has 0 amide bonds. The van der Waals surface area contributed by atoms with Crippen LogP contribution in [0.25, 0.3) is 0 Å². The maximum atomic E-state index is 13.3. The molecule has 8 heteroatoms. The van der Waals surface area contributed by atoms with Gasteiger partial charge in [0, 0.05) is 61.9 Å². The van der Waals surface area contributed by atoms with E-state index in [1.54, 1.807) is 11.2 Å². The Kier molecular flexibility index (Phi) is 4.17. The van der Waals surface area contributed by atoms with Gasteiger partial charge in [0.15, 0.2) is 0 Å². The monoisotopic (exact) mass is 389 g/mol. The molecule has 148 valence electrons. The lowest BCUT2D eigenvalue weighted by atomic mass is 9.83. The fraction of sp³-hybridized carbons (Fsp3) is 0.550. The zero-order chi connectivity index (χ0) is 19.3. The van der Waals surface area contributed by atoms with Gasteiger partial charge in [-0.2, -0.15) is 13.2 Å². The molecule has 0 N–H and O–H groups in total. The zero-order valence-electron chi connectivity index (χ0n) is 15.4. The topological polar surface area (TPSA) is 45.2 Å². The molecule has 28 heavy (non-hydrogen) atoms. The van der Waals surface area contributed by atoms with Gasteiger partial charge in [0.25, 0.3) is 0 Å². The molecule has 2 saturated heterocycles. The molecule has 3 aliphatic rings. The molecule has 1 aliphatic carbocycles. The quantitative estimate of drug-likeness (QED) is 0.801. The summed E-state index contributed by atoms with van der Waals surface area (Å²) in [4.78, 5) is 17.0. The van der Waals surface area contributed by atoms with Gasteiger partial charge < -0.3 is 9.80 Å². The van der Waals surface area contributed by atoms with Crippen LogP contribution < -0.4 is 9.80 Å². The standard InChI is InChI=1S/C20H22F3N5/c21-20(22,23)16-5-2-6-24-19(16)28-10-14-8-27(9-15(14)11-28)18-7-17(25-12-26-18)13-3-1-4-13/h2,5-7,12-15H,1,3-4,8-11H2. The maximum absolute atomic E-state index is 13.3. The SMILES string of the molecule is FC(F)(F)c1cccnc1N1CC2CN(c3cc(C4CCC4)ncn3)CC2C1. The van der Waals surface area contributed by atoms with Crippen LogP contribution in [0.4, 0.5) is 24.8 Å². The summed E-state index contributed by atoms with van der Waals surface area (Å²) in [6.07, 6.45) is 2.36. The highest BCUT2D eigenvalue weighted by molar-refractivity contribution is 5.51. The molecule has 2 aliphatic heterocycles. The van der Waals surface area contributed by atoms with E-state index in [1.807, 2.05) is 0 Å². The third kappa shape index (κ3) is 3.08. The second-order valence-electron chi connectivity index (χ2n) is 8.13. The van der Waals surface area contributed by atoms with Crippen molar-refractivity contribution in [3.63, 3.8) is 0 Å². The summed E-state index contributed by atoms with van der Waals surface area (Å²) in [5.74, 6) is 2.22. The van der Waals surface area contributed by atoms with Gasteiger partial charge in [0.05, 0.1) is 5.56 Å². The highest BCUT2D eigenvalue weighted by Crippen LogP contribution is 2.41. The van der Waals surface area contributed by atoms with Crippen LogP contribution >= 0.6 is 0 Å². The minimum Gasteiger partial charge on any atom is -0.356 e. The van der Waals surface area contributed by atoms with Crippen LogP contribution in [0.1, 0.15) is 36.4 Å². The van der Waals surface area contributed by atoms with E-state index in [0.29, 0.717) is 30.8 Å². The Morgan fingerprint density at radius 3 is 2.29 bits per heavy atom. The van der Waals surface area contributed by atoms with Gasteiger partial charge >= 0.3 is 6.18 Å². The molecule has 2 atom stereocenters. The largest absolute Gasteiger partial charge is 0.419 e. The molecule has 5 nitrogen and oxygen atoms in total. The molecular weight excluding hydrogens is 367 g/mol. The lowest BCUT2D eigenvalue weighted by Gasteiger charge is -2.27. The van der Waals surface area contributed by atoms with Crippen molar-refractivity contribution in [2.45, 2.75) is 31.4 Å². The number of nitrogens with zero attached hydrogens (tertiary/aromatic N) is 5. The van der Waals surface area contributed by atoms with Gasteiger partial charge in [-0.15, -0.1) is 0 Å². The highest BCUT2D eigenvalue weighted by Gasteiger charge is 2.44. The summed E-state index contributed by atoms with van der Waals surface area (Å²) in [6.45, 7) is 2.83. The minimum absolute atomic E-state index is 0.0604. The van der Waals surface area contributed by atoms with Crippen molar-refractivity contribution in [2.24, 2.45) is 11.8 Å². The number of hydrogen-bond donors (Lipinski definition) is 0. The molecule has 2 aromatic rings. The number of anilines is 2. The second kappa shape index (κ2) is 6.60. The van der Waals surface area contributed by atoms with E-state index in [9.17, 15) is 13.2 Å². The Morgan fingerprint density at radius 1 is 0.929 bits per heavy atom. The highest BCUT2D eigenvalue weighted by atomic mass is 19.4. The van der Waals surface area contributed by atoms with Crippen LogP contribution in [-0.2, 0) is 6.18 Å². The van der Waals surface area contributed by atoms with E-state index in [2.05, 4.69) is 25.9 Å². The Hall–Kier alpha value is -2.38. The van der Waals surface area contributed by atoms with Gasteiger partial charge in [0.2, 0.25) is 0 Å². The Labute approximate surface area is 161 Å². The van der Waals surface area contributed by atoms with Crippen molar-refractivity contribution in [3.05, 3.63) is 42.0 Å². The molecule has 5 rings (SSSR count). The van der Waals surface area contributed by atoms with Gasteiger partial charge in [-0.1, -0.05) is 6.42 Å². The van der Waals surface area contributed by atoms with Gasteiger partial charge in [-0.05, 0) is 25.0 Å². The Morgan fingerprint density at radius 2 is 1.64 bits per heavy atom. The first-order valence-electron chi connectivity index (χ1n) is 9.83. The van der Waals surface area contributed by atoms with Crippen LogP contribution in [0, 0.1) is 11.8 Å². The lowest BCUT2D eigenvalue weighted by Crippen LogP contribution is -2.31. The fourth-order valence-corrected chi connectivity index (χ4v) is 4.69. The van der Waals surface area contributed by atoms with Gasteiger partial charge in [-0.25, -0.2) is 15.0 Å². The summed E-state index contributed by atoms with van der Waals surface area (Å²) in [7, 11) is 0. The molecule has 3 fully saturated rings. The van der Waals surface area contributed by atoms with Crippen molar-refractivity contribution < 1.29 is 13.2 Å². The fourth-order valence-electron chi connectivity index (χ4n) is 4.69. The van der Waals surface area contributed by atoms with Crippen LogP contribution in [0.5, 0.6) is 0 Å². The van der Waals surface area contributed by atoms with E-state index in [0.717, 1.165) is 30.7 Å². The third-order valence-corrected chi connectivity index (χ3v) is 6.40. The third-order valence-electron chi connectivity index (χ3n) is 6.40. The normalized spacial score (nSPS) is 25.1. The number of rotatable bonds is 3. The van der Waals surface area contributed by atoms with Crippen molar-refractivity contribution in [1.82, 2.24) is 15.0 Å². The molecule has 0 radical (unpaired) electrons. The van der Waals surface area contributed by atoms with Crippen LogP contribution in [0.3, 0.4) is 0 Å². The molecule has 2 aromatic heterocycles. The number of aromatic nitrogens is 3. The van der Waals surface area contributed by atoms with Crippen LogP contribution in [-0.4, -0.2) is 41.1 Å². The first-order valence-corrected chi connectivity index (χ1v) is 9.83. The predicted octanol–water partition coefficient (Wildman–Crippen LogP) is 3.73. The van der Waals surface area contributed by atoms with E-state index in [-0.39, 0.29) is 5.82 Å². The van der Waals surface area contributed by atoms with Crippen molar-refractivity contribution in [1.29, 1.82) is 0 Å². The van der Waals surface area contributed by atoms with E-state index in [1.165, 1.54) is 31.5 Å². The van der Waals surface area contributed by atoms with E-state index in [4.69, 9.17) is 0 Å². The van der Waals surface area contributed by atoms with Crippen molar-refractivity contribution in [3.8, 4) is 0 Å². The molecule has 4 heterocycles. The maximum Gasteiger partial charge on any atom is 0.419 e. The lowest BCUT2D eigenvalue weighted by molar-refractivity contribution is -0.137. The smallest absolute Gasteiger partial charge is 0.356 e. The minimum atomic E-state index is -4.38. The van der Waals surface area contributed by atoms with Crippen molar-refractivity contribution in [2.75, 3.05) is 36.0 Å². The second-order valence-corrected chi connectivity index (χ2v) is 8.13. The molecular formula is C20H22F3N5. The first-order chi connectivity index (χ1) is 13.5. The van der Waals surface area contributed by atoms with Crippen LogP contribution in [0.2, 0.25) is 0 Å². The van der Waals surface area contributed by atoms with Gasteiger partial charge in [-0.3, -0.25) is 0 Å². The summed E-state index contributed by atoms with van der Waals surface area (Å²) >= 11 is 0. The van der Waals surface area contributed by atoms with Crippen LogP contribution in [0.15, 0.2) is 30.7 Å². The summed E-state index contributed by atoms with van der Waals surface area (Å²) in [5, 5.41) is 0. The molecule has 0 aromatic carbocycles. The van der Waals surface area contributed by atoms with Crippen molar-refractivity contribution >= 4 is 11.6 Å². The molecule has 0 bridgehead atoms. The Bertz CT molecular complexity index is 853. The number of halogens is 3. The number of fused-ring (bicyclic) bond motifs is 1. The van der Waals surface area contributed by atoms with E-state index >= 15 is 0 Å². The average Bonchev–Trinajstić information content (AvgIpc) is 3.19. The number of pyridine rings is 1. The number of hydrogen-bond acceptors (Lipinski definition) is 5. The molecule has 0 spiro atoms. The predicted molar refractivity (Wildman–Crippen MR) is 99.3 cm³/mol. The molecule has 2 unspecified atom stereocenters. The zero-order valence-corrected chi connectivity index (χ0v) is 15.4. The van der Waals surface area contributed by atoms with Gasteiger partial charge in [0.1, 0.15) is 18.0 Å². The Balaban J connectivity index is 1.30. The summed E-state index contributed by atoms with van der Waals surface area (Å²) < 4.78 is 40.0. The average molecular weight is 389 g/mol.